The number of nitrogens with two attached hydrogens (primary N) is 1. The first kappa shape index (κ1) is 22.2. The van der Waals surface area contributed by atoms with Gasteiger partial charge in [0.05, 0.1) is 25.0 Å². The summed E-state index contributed by atoms with van der Waals surface area (Å²) in [4.78, 5) is 17.3. The monoisotopic (exact) mass is 415 g/mol. The summed E-state index contributed by atoms with van der Waals surface area (Å²) < 4.78 is 37.0. The summed E-state index contributed by atoms with van der Waals surface area (Å²) in [5, 5.41) is 3.15. The Morgan fingerprint density at radius 1 is 1.32 bits per heavy atom. The molecule has 0 radical (unpaired) electrons. The fourth-order valence-electron chi connectivity index (χ4n) is 2.80. The molecule has 0 bridgehead atoms. The normalized spacial score (nSPS) is 16.6. The van der Waals surface area contributed by atoms with Gasteiger partial charge in [-0.05, 0) is 26.0 Å². The van der Waals surface area contributed by atoms with E-state index < -0.39 is 15.9 Å². The number of carbonyl (C=O) groups is 1. The number of carbonyl (C=O) groups excluding carboxylic acids is 1. The predicted octanol–water partition coefficient (Wildman–Crippen LogP) is -0.174. The molecule has 0 saturated carbocycles. The first-order chi connectivity index (χ1) is 13.2. The molecule has 1 aromatic rings. The molecule has 1 aromatic heterocycles. The first-order valence-electron chi connectivity index (χ1n) is 9.16. The van der Waals surface area contributed by atoms with Crippen LogP contribution in [-0.2, 0) is 21.3 Å². The molecule has 0 unspecified atom stereocenters. The largest absolute Gasteiger partial charge is 0.454 e. The highest BCUT2D eigenvalue weighted by Crippen LogP contribution is 2.10. The van der Waals surface area contributed by atoms with Crippen LogP contribution in [0.25, 0.3) is 0 Å². The number of amides is 1. The van der Waals surface area contributed by atoms with E-state index in [0.717, 1.165) is 0 Å². The maximum absolute atomic E-state index is 12.4. The molecule has 10 nitrogen and oxygen atoms in total. The minimum atomic E-state index is -3.33. The highest BCUT2D eigenvalue weighted by molar-refractivity contribution is 7.89. The molecule has 1 saturated heterocycles. The van der Waals surface area contributed by atoms with Gasteiger partial charge in [0.25, 0.3) is 5.91 Å². The molecular weight excluding hydrogens is 386 g/mol. The summed E-state index contributed by atoms with van der Waals surface area (Å²) in [6.07, 6.45) is 0.00894. The van der Waals surface area contributed by atoms with Gasteiger partial charge in [0.2, 0.25) is 10.0 Å². The number of piperazine rings is 1. The quantitative estimate of drug-likeness (QED) is 0.445. The van der Waals surface area contributed by atoms with Crippen LogP contribution in [0.15, 0.2) is 21.5 Å². The van der Waals surface area contributed by atoms with Gasteiger partial charge in [-0.3, -0.25) is 9.79 Å². The third-order valence-electron chi connectivity index (χ3n) is 4.26. The van der Waals surface area contributed by atoms with Crippen LogP contribution >= 0.6 is 0 Å². The van der Waals surface area contributed by atoms with Crippen LogP contribution in [0.4, 0.5) is 0 Å². The van der Waals surface area contributed by atoms with Crippen LogP contribution in [0.1, 0.15) is 30.2 Å². The number of furan rings is 1. The third-order valence-corrected chi connectivity index (χ3v) is 6.10. The Morgan fingerprint density at radius 2 is 2.00 bits per heavy atom. The maximum atomic E-state index is 12.4. The van der Waals surface area contributed by atoms with Gasteiger partial charge >= 0.3 is 0 Å². The molecule has 0 atom stereocenters. The summed E-state index contributed by atoms with van der Waals surface area (Å²) in [7, 11) is -1.67. The minimum Gasteiger partial charge on any atom is -0.454 e. The van der Waals surface area contributed by atoms with Crippen molar-refractivity contribution in [3.63, 3.8) is 0 Å². The Kier molecular flexibility index (Phi) is 7.84. The lowest BCUT2D eigenvalue weighted by Crippen LogP contribution is -2.54. The van der Waals surface area contributed by atoms with E-state index in [2.05, 4.69) is 10.3 Å². The van der Waals surface area contributed by atoms with E-state index in [1.807, 2.05) is 18.7 Å². The molecule has 3 N–H and O–H groups in total. The van der Waals surface area contributed by atoms with E-state index in [9.17, 15) is 13.2 Å². The van der Waals surface area contributed by atoms with Crippen molar-refractivity contribution in [2.24, 2.45) is 10.7 Å². The van der Waals surface area contributed by atoms with E-state index >= 15 is 0 Å². The average molecular weight is 416 g/mol. The molecule has 28 heavy (non-hydrogen) atoms. The van der Waals surface area contributed by atoms with E-state index in [4.69, 9.17) is 14.9 Å². The fraction of sp³-hybridized carbons (Fsp3) is 0.647. The number of aliphatic imine (C=N–C) groups is 1. The van der Waals surface area contributed by atoms with Gasteiger partial charge in [-0.25, -0.2) is 8.42 Å². The molecule has 11 heteroatoms. The SMILES string of the molecule is CN=C(NCc1ccc(C(N)=O)o1)N1CCN(S(=O)(=O)CCOC(C)C)CC1. The van der Waals surface area contributed by atoms with Gasteiger partial charge in [-0.2, -0.15) is 4.31 Å². The van der Waals surface area contributed by atoms with Crippen LogP contribution in [-0.4, -0.2) is 81.2 Å². The van der Waals surface area contributed by atoms with Crippen LogP contribution in [0.2, 0.25) is 0 Å². The topological polar surface area (TPSA) is 130 Å². The van der Waals surface area contributed by atoms with Crippen molar-refractivity contribution in [2.75, 3.05) is 45.6 Å². The second kappa shape index (κ2) is 9.89. The van der Waals surface area contributed by atoms with Crippen molar-refractivity contribution in [3.8, 4) is 0 Å². The molecular formula is C17H29N5O5S. The van der Waals surface area contributed by atoms with Crippen molar-refractivity contribution in [1.82, 2.24) is 14.5 Å². The average Bonchev–Trinajstić information content (AvgIpc) is 3.11. The summed E-state index contributed by atoms with van der Waals surface area (Å²) in [5.41, 5.74) is 5.17. The third kappa shape index (κ3) is 6.21. The van der Waals surface area contributed by atoms with Crippen LogP contribution in [0, 0.1) is 0 Å². The Morgan fingerprint density at radius 3 is 2.54 bits per heavy atom. The molecule has 1 fully saturated rings. The summed E-state index contributed by atoms with van der Waals surface area (Å²) in [5.74, 6) is 0.663. The van der Waals surface area contributed by atoms with E-state index in [-0.39, 0.29) is 24.2 Å². The standard InChI is InChI=1S/C17H29N5O5S/c1-13(2)26-10-11-28(24,25)22-8-6-21(7-9-22)17(19-3)20-12-14-4-5-15(27-14)16(18)23/h4-5,13H,6-12H2,1-3H3,(H2,18,23)(H,19,20). The molecule has 2 rings (SSSR count). The molecule has 2 heterocycles. The number of guanidine groups is 1. The van der Waals surface area contributed by atoms with E-state index in [1.165, 1.54) is 10.4 Å². The fourth-order valence-corrected chi connectivity index (χ4v) is 4.08. The number of hydrogen-bond acceptors (Lipinski definition) is 6. The van der Waals surface area contributed by atoms with Crippen molar-refractivity contribution >= 4 is 21.9 Å². The van der Waals surface area contributed by atoms with Crippen LogP contribution in [0.3, 0.4) is 0 Å². The van der Waals surface area contributed by atoms with Gasteiger partial charge in [0.15, 0.2) is 11.7 Å². The van der Waals surface area contributed by atoms with E-state index in [0.29, 0.717) is 44.4 Å². The molecule has 0 aliphatic carbocycles. The predicted molar refractivity (Wildman–Crippen MR) is 105 cm³/mol. The van der Waals surface area contributed by atoms with Crippen molar-refractivity contribution in [1.29, 1.82) is 0 Å². The number of rotatable bonds is 8. The maximum Gasteiger partial charge on any atom is 0.284 e. The number of primary amides is 1. The summed E-state index contributed by atoms with van der Waals surface area (Å²) >= 11 is 0. The molecule has 0 spiro atoms. The van der Waals surface area contributed by atoms with Gasteiger partial charge in [-0.1, -0.05) is 0 Å². The van der Waals surface area contributed by atoms with Gasteiger partial charge in [-0.15, -0.1) is 0 Å². The minimum absolute atomic E-state index is 0.00894. The first-order valence-corrected chi connectivity index (χ1v) is 10.8. The highest BCUT2D eigenvalue weighted by atomic mass is 32.2. The number of ether oxygens (including phenoxy) is 1. The van der Waals surface area contributed by atoms with Crippen molar-refractivity contribution in [3.05, 3.63) is 23.7 Å². The Labute approximate surface area is 165 Å². The van der Waals surface area contributed by atoms with Crippen molar-refractivity contribution in [2.45, 2.75) is 26.5 Å². The number of nitrogens with one attached hydrogen (secondary N) is 1. The zero-order valence-electron chi connectivity index (χ0n) is 16.6. The van der Waals surface area contributed by atoms with Gasteiger partial charge in [0, 0.05) is 33.2 Å². The Bertz CT molecular complexity index is 782. The molecule has 1 amide bonds. The van der Waals surface area contributed by atoms with Crippen molar-refractivity contribution < 1.29 is 22.4 Å². The number of sulfonamides is 1. The zero-order chi connectivity index (χ0) is 20.7. The molecule has 1 aliphatic rings. The lowest BCUT2D eigenvalue weighted by molar-refractivity contribution is 0.0904. The smallest absolute Gasteiger partial charge is 0.284 e. The number of nitrogens with zero attached hydrogens (tertiary/aromatic N) is 3. The molecule has 158 valence electrons. The second-order valence-corrected chi connectivity index (χ2v) is 8.74. The molecule has 0 aromatic carbocycles. The Balaban J connectivity index is 1.83. The van der Waals surface area contributed by atoms with Gasteiger partial charge < -0.3 is 25.1 Å². The lowest BCUT2D eigenvalue weighted by atomic mass is 10.4. The number of hydrogen-bond donors (Lipinski definition) is 2. The van der Waals surface area contributed by atoms with Crippen LogP contribution < -0.4 is 11.1 Å². The lowest BCUT2D eigenvalue weighted by Gasteiger charge is -2.35. The van der Waals surface area contributed by atoms with Crippen LogP contribution in [0.5, 0.6) is 0 Å². The molecule has 1 aliphatic heterocycles. The zero-order valence-corrected chi connectivity index (χ0v) is 17.4. The highest BCUT2D eigenvalue weighted by Gasteiger charge is 2.28. The summed E-state index contributed by atoms with van der Waals surface area (Å²) in [6.45, 7) is 6.10. The summed E-state index contributed by atoms with van der Waals surface area (Å²) in [6, 6.07) is 3.19. The van der Waals surface area contributed by atoms with E-state index in [1.54, 1.807) is 13.1 Å². The second-order valence-electron chi connectivity index (χ2n) is 6.65. The Hall–Kier alpha value is -2.11. The van der Waals surface area contributed by atoms with Gasteiger partial charge in [0.1, 0.15) is 5.76 Å².